The van der Waals surface area contributed by atoms with Crippen LogP contribution in [0.4, 0.5) is 0 Å². The Hall–Kier alpha value is -0.450. The number of hydrogen-bond acceptors (Lipinski definition) is 4. The van der Waals surface area contributed by atoms with Gasteiger partial charge < -0.3 is 9.84 Å². The largest absolute Gasteiger partial charge is 0.393 e. The van der Waals surface area contributed by atoms with E-state index in [-0.39, 0.29) is 17.6 Å². The highest BCUT2D eigenvalue weighted by atomic mass is 16.6. The van der Waals surface area contributed by atoms with Gasteiger partial charge in [-0.3, -0.25) is 9.69 Å². The predicted molar refractivity (Wildman–Crippen MR) is 107 cm³/mol. The average molecular weight is 388 g/mol. The third-order valence-corrected chi connectivity index (χ3v) is 10.6. The zero-order valence-corrected chi connectivity index (χ0v) is 17.6. The summed E-state index contributed by atoms with van der Waals surface area (Å²) in [7, 11) is 0. The maximum atomic E-state index is 13.6. The molecule has 6 fully saturated rings. The molecule has 0 amide bonds. The monoisotopic (exact) mass is 387 g/mol. The first-order valence-electron chi connectivity index (χ1n) is 12.0. The van der Waals surface area contributed by atoms with Gasteiger partial charge >= 0.3 is 0 Å². The van der Waals surface area contributed by atoms with E-state index >= 15 is 0 Å². The van der Waals surface area contributed by atoms with Crippen LogP contribution in [0.15, 0.2) is 0 Å². The summed E-state index contributed by atoms with van der Waals surface area (Å²) >= 11 is 0. The first-order chi connectivity index (χ1) is 13.4. The molecular formula is C24H37NO3. The van der Waals surface area contributed by atoms with E-state index in [0.717, 1.165) is 56.5 Å². The summed E-state index contributed by atoms with van der Waals surface area (Å²) in [6, 6.07) is 0.120. The van der Waals surface area contributed by atoms with Crippen LogP contribution in [0.5, 0.6) is 0 Å². The van der Waals surface area contributed by atoms with Crippen LogP contribution in [0, 0.1) is 34.5 Å². The molecular weight excluding hydrogens is 350 g/mol. The molecule has 0 radical (unpaired) electrons. The van der Waals surface area contributed by atoms with Gasteiger partial charge in [0.05, 0.1) is 24.4 Å². The summed E-state index contributed by atoms with van der Waals surface area (Å²) < 4.78 is 5.96. The number of carbonyl (C=O) groups excluding carboxylic acids is 1. The standard InChI is InChI=1S/C24H37NO3/c1-23-8-5-17-16(4-3-14-11-20-21(28-20)13-24(14,17)2)18(23)12-19(22(23)27)25-9-6-15(26)7-10-25/h14-21,26H,3-13H2,1-2H3/t14-,16+,17-,18-,19-,20-,21+,23-,24-/m0/s1. The Morgan fingerprint density at radius 2 is 1.79 bits per heavy atom. The van der Waals surface area contributed by atoms with Crippen molar-refractivity contribution < 1.29 is 14.6 Å². The molecule has 2 saturated heterocycles. The second-order valence-electron chi connectivity index (χ2n) is 11.6. The van der Waals surface area contributed by atoms with Crippen molar-refractivity contribution in [1.29, 1.82) is 0 Å². The lowest BCUT2D eigenvalue weighted by atomic mass is 9.45. The van der Waals surface area contributed by atoms with Crippen LogP contribution in [-0.4, -0.2) is 53.2 Å². The Morgan fingerprint density at radius 1 is 1.00 bits per heavy atom. The molecule has 0 aromatic heterocycles. The molecule has 4 aliphatic carbocycles. The summed E-state index contributed by atoms with van der Waals surface area (Å²) in [6.07, 6.45) is 11.3. The molecule has 0 aromatic rings. The number of rotatable bonds is 1. The lowest BCUT2D eigenvalue weighted by Crippen LogP contribution is -2.53. The van der Waals surface area contributed by atoms with Gasteiger partial charge in [-0.1, -0.05) is 13.8 Å². The lowest BCUT2D eigenvalue weighted by Gasteiger charge is -2.58. The van der Waals surface area contributed by atoms with Gasteiger partial charge in [0.1, 0.15) is 0 Å². The fraction of sp³-hybridized carbons (Fsp3) is 0.958. The van der Waals surface area contributed by atoms with Crippen molar-refractivity contribution in [3.05, 3.63) is 0 Å². The first kappa shape index (κ1) is 18.3. The van der Waals surface area contributed by atoms with E-state index in [1.165, 1.54) is 32.1 Å². The van der Waals surface area contributed by atoms with E-state index in [2.05, 4.69) is 18.7 Å². The minimum absolute atomic E-state index is 0.0988. The van der Waals surface area contributed by atoms with Gasteiger partial charge in [0.25, 0.3) is 0 Å². The third kappa shape index (κ3) is 2.43. The second-order valence-corrected chi connectivity index (χ2v) is 11.6. The van der Waals surface area contributed by atoms with Gasteiger partial charge in [-0.15, -0.1) is 0 Å². The van der Waals surface area contributed by atoms with Crippen LogP contribution >= 0.6 is 0 Å². The zero-order chi connectivity index (χ0) is 19.3. The highest BCUT2D eigenvalue weighted by Gasteiger charge is 2.65. The highest BCUT2D eigenvalue weighted by molar-refractivity contribution is 5.92. The number of nitrogens with zero attached hydrogens (tertiary/aromatic N) is 1. The van der Waals surface area contributed by atoms with Gasteiger partial charge in [-0.25, -0.2) is 0 Å². The number of epoxide rings is 1. The lowest BCUT2D eigenvalue weighted by molar-refractivity contribution is -0.140. The molecule has 28 heavy (non-hydrogen) atoms. The van der Waals surface area contributed by atoms with Crippen molar-refractivity contribution in [2.75, 3.05) is 13.1 Å². The number of aliphatic hydroxyl groups excluding tert-OH is 1. The summed E-state index contributed by atoms with van der Waals surface area (Å²) in [6.45, 7) is 6.68. The Balaban J connectivity index is 1.26. The summed E-state index contributed by atoms with van der Waals surface area (Å²) in [5, 5.41) is 9.89. The van der Waals surface area contributed by atoms with E-state index in [0.29, 0.717) is 29.3 Å². The van der Waals surface area contributed by atoms with Gasteiger partial charge in [-0.2, -0.15) is 0 Å². The van der Waals surface area contributed by atoms with Gasteiger partial charge in [0.2, 0.25) is 0 Å². The molecule has 1 N–H and O–H groups in total. The number of Topliss-reactive ketones (excluding diaryl/α,β-unsaturated/α-hetero) is 1. The Morgan fingerprint density at radius 3 is 2.57 bits per heavy atom. The number of hydrogen-bond donors (Lipinski definition) is 1. The van der Waals surface area contributed by atoms with Crippen LogP contribution in [0.25, 0.3) is 0 Å². The van der Waals surface area contributed by atoms with E-state index in [1.54, 1.807) is 0 Å². The number of aliphatic hydroxyl groups is 1. The van der Waals surface area contributed by atoms with Gasteiger partial charge in [0.15, 0.2) is 5.78 Å². The Labute approximate surface area is 169 Å². The predicted octanol–water partition coefficient (Wildman–Crippen LogP) is 3.41. The molecule has 0 aromatic carbocycles. The molecule has 0 bridgehead atoms. The topological polar surface area (TPSA) is 53.1 Å². The number of ether oxygens (including phenoxy) is 1. The van der Waals surface area contributed by atoms with Crippen LogP contribution < -0.4 is 0 Å². The van der Waals surface area contributed by atoms with E-state index in [9.17, 15) is 9.90 Å². The van der Waals surface area contributed by atoms with Gasteiger partial charge in [0, 0.05) is 18.5 Å². The van der Waals surface area contributed by atoms with Crippen molar-refractivity contribution in [2.24, 2.45) is 34.5 Å². The number of fused-ring (bicyclic) bond motifs is 6. The van der Waals surface area contributed by atoms with Gasteiger partial charge in [-0.05, 0) is 86.9 Å². The quantitative estimate of drug-likeness (QED) is 0.701. The summed E-state index contributed by atoms with van der Waals surface area (Å²) in [4.78, 5) is 16.0. The molecule has 4 heteroatoms. The SMILES string of the molecule is C[C@]12C[C@H]3O[C@H]3C[C@@H]1CC[C@@H]1[C@@H]2CC[C@]2(C)C(=O)[C@@H](N3CCC(O)CC3)C[C@@H]12. The molecule has 6 aliphatic rings. The smallest absolute Gasteiger partial charge is 0.156 e. The van der Waals surface area contributed by atoms with Crippen molar-refractivity contribution >= 4 is 5.78 Å². The molecule has 2 aliphatic heterocycles. The minimum atomic E-state index is -0.162. The summed E-state index contributed by atoms with van der Waals surface area (Å²) in [5.41, 5.74) is 0.344. The molecule has 4 nitrogen and oxygen atoms in total. The summed E-state index contributed by atoms with van der Waals surface area (Å²) in [5.74, 6) is 3.49. The Bertz CT molecular complexity index is 673. The second kappa shape index (κ2) is 6.04. The first-order valence-corrected chi connectivity index (χ1v) is 12.0. The third-order valence-electron chi connectivity index (χ3n) is 10.6. The Kier molecular flexibility index (Phi) is 3.96. The van der Waals surface area contributed by atoms with E-state index < -0.39 is 0 Å². The van der Waals surface area contributed by atoms with E-state index in [4.69, 9.17) is 4.74 Å². The molecule has 156 valence electrons. The van der Waals surface area contributed by atoms with Crippen LogP contribution in [0.3, 0.4) is 0 Å². The number of piperidine rings is 1. The fourth-order valence-corrected chi connectivity index (χ4v) is 8.82. The molecule has 2 heterocycles. The maximum absolute atomic E-state index is 13.6. The van der Waals surface area contributed by atoms with E-state index in [1.807, 2.05) is 0 Å². The average Bonchev–Trinajstić information content (AvgIpc) is 3.36. The number of ketones is 1. The molecule has 9 atom stereocenters. The van der Waals surface area contributed by atoms with Crippen LogP contribution in [0.1, 0.15) is 71.6 Å². The van der Waals surface area contributed by atoms with Crippen molar-refractivity contribution in [3.63, 3.8) is 0 Å². The van der Waals surface area contributed by atoms with Crippen molar-refractivity contribution in [2.45, 2.75) is 96.0 Å². The number of carbonyl (C=O) groups is 1. The zero-order valence-electron chi connectivity index (χ0n) is 17.6. The maximum Gasteiger partial charge on any atom is 0.156 e. The highest BCUT2D eigenvalue weighted by Crippen LogP contribution is 2.67. The molecule has 6 rings (SSSR count). The fourth-order valence-electron chi connectivity index (χ4n) is 8.82. The number of likely N-dealkylation sites (tertiary alicyclic amines) is 1. The van der Waals surface area contributed by atoms with Crippen molar-refractivity contribution in [1.82, 2.24) is 4.90 Å². The van der Waals surface area contributed by atoms with Crippen LogP contribution in [-0.2, 0) is 9.53 Å². The van der Waals surface area contributed by atoms with Crippen molar-refractivity contribution in [3.8, 4) is 0 Å². The normalized spacial score (nSPS) is 56.5. The molecule has 4 saturated carbocycles. The molecule has 0 spiro atoms. The molecule has 0 unspecified atom stereocenters. The minimum Gasteiger partial charge on any atom is -0.393 e. The van der Waals surface area contributed by atoms with Crippen LogP contribution in [0.2, 0.25) is 0 Å².